The van der Waals surface area contributed by atoms with E-state index in [1.807, 2.05) is 63.4 Å². The number of nitrogens with one attached hydrogen (secondary N) is 1. The number of nitrogens with zero attached hydrogens (tertiary/aromatic N) is 1. The number of fused-ring (bicyclic) bond motifs is 1. The van der Waals surface area contributed by atoms with Gasteiger partial charge in [-0.2, -0.15) is 0 Å². The Morgan fingerprint density at radius 3 is 2.44 bits per heavy atom. The highest BCUT2D eigenvalue weighted by atomic mass is 32.2. The van der Waals surface area contributed by atoms with Gasteiger partial charge in [0.05, 0.1) is 45.2 Å². The van der Waals surface area contributed by atoms with Crippen LogP contribution in [-0.4, -0.2) is 46.8 Å². The van der Waals surface area contributed by atoms with Gasteiger partial charge in [-0.1, -0.05) is 26.7 Å². The Hall–Kier alpha value is -2.78. The molecule has 2 atom stereocenters. The molecule has 1 aliphatic heterocycles. The van der Waals surface area contributed by atoms with Gasteiger partial charge in [-0.05, 0) is 82.5 Å². The number of hydrogen-bond donors (Lipinski definition) is 1. The Kier molecular flexibility index (Phi) is 11.5. The molecule has 224 valence electrons. The third-order valence-corrected chi connectivity index (χ3v) is 9.59. The van der Waals surface area contributed by atoms with E-state index < -0.39 is 16.8 Å². The second-order valence-corrected chi connectivity index (χ2v) is 13.7. The lowest BCUT2D eigenvalue weighted by Gasteiger charge is -2.36. The van der Waals surface area contributed by atoms with Crippen LogP contribution >= 0.6 is 11.8 Å². The summed E-state index contributed by atoms with van der Waals surface area (Å²) in [6.07, 6.45) is 8.52. The molecule has 9 heteroatoms. The van der Waals surface area contributed by atoms with Crippen molar-refractivity contribution in [1.29, 1.82) is 0 Å². The summed E-state index contributed by atoms with van der Waals surface area (Å²) in [5, 5.41) is 3.02. The van der Waals surface area contributed by atoms with Crippen molar-refractivity contribution < 1.29 is 23.3 Å². The molecule has 0 aliphatic carbocycles. The topological polar surface area (TPSA) is 84.9 Å². The summed E-state index contributed by atoms with van der Waals surface area (Å²) in [5.74, 6) is 0.493. The predicted octanol–water partition coefficient (Wildman–Crippen LogP) is 7.24. The molecule has 1 N–H and O–H groups in total. The molecule has 1 heterocycles. The second kappa shape index (κ2) is 14.4. The minimum Gasteiger partial charge on any atom is -0.464 e. The molecular formula is C32H44N2O5S2. The molecule has 0 spiro atoms. The fraction of sp³-hybridized carbons (Fsp3) is 0.500. The quantitative estimate of drug-likeness (QED) is 0.126. The molecule has 7 nitrogen and oxygen atoms in total. The number of benzene rings is 2. The lowest BCUT2D eigenvalue weighted by Crippen LogP contribution is -2.40. The van der Waals surface area contributed by atoms with Crippen LogP contribution in [-0.2, 0) is 20.3 Å². The molecule has 0 saturated heterocycles. The molecular weight excluding hydrogens is 556 g/mol. The van der Waals surface area contributed by atoms with Crippen molar-refractivity contribution >= 4 is 45.8 Å². The largest absolute Gasteiger partial charge is 0.464 e. The van der Waals surface area contributed by atoms with Crippen LogP contribution < -0.4 is 15.0 Å². The highest BCUT2D eigenvalue weighted by Gasteiger charge is 2.38. The second-order valence-electron chi connectivity index (χ2n) is 11.4. The molecule has 0 aromatic heterocycles. The van der Waals surface area contributed by atoms with E-state index in [0.717, 1.165) is 42.0 Å². The number of rotatable bonds is 11. The summed E-state index contributed by atoms with van der Waals surface area (Å²) < 4.78 is 24.8. The minimum absolute atomic E-state index is 0.116. The van der Waals surface area contributed by atoms with E-state index in [-0.39, 0.29) is 23.5 Å². The van der Waals surface area contributed by atoms with Gasteiger partial charge in [0.15, 0.2) is 0 Å². The Bertz CT molecular complexity index is 1270. The van der Waals surface area contributed by atoms with E-state index in [9.17, 15) is 13.8 Å². The number of thioether (sulfide) groups is 1. The fourth-order valence-electron chi connectivity index (χ4n) is 4.88. The average Bonchev–Trinajstić information content (AvgIpc) is 3.05. The number of anilines is 2. The standard InChI is InChI=1S/C32H44N2O5S2/c1-8-11-17-32(9-2)21-34(24-14-12-23(13-15-24)30(36)33-31(4,5)6)25-19-27(40-7)26(20-28(25)41(37)22-32)39-18-16-29(35)38-10-3/h12-16,18-20H,8-11,17,21-22H2,1-7H3,(H,33,36)/b18-16+. The number of hydrogen-bond acceptors (Lipinski definition) is 7. The number of carbonyl (C=O) groups excluding carboxylic acids is 2. The summed E-state index contributed by atoms with van der Waals surface area (Å²) in [5.41, 5.74) is 1.93. The maximum Gasteiger partial charge on any atom is 0.333 e. The highest BCUT2D eigenvalue weighted by molar-refractivity contribution is 7.98. The first-order valence-corrected chi connectivity index (χ1v) is 16.8. The molecule has 0 bridgehead atoms. The van der Waals surface area contributed by atoms with Crippen molar-refractivity contribution in [3.8, 4) is 5.75 Å². The van der Waals surface area contributed by atoms with Gasteiger partial charge < -0.3 is 19.7 Å². The van der Waals surface area contributed by atoms with Crippen molar-refractivity contribution in [1.82, 2.24) is 5.32 Å². The predicted molar refractivity (Wildman–Crippen MR) is 169 cm³/mol. The van der Waals surface area contributed by atoms with Gasteiger partial charge in [0.2, 0.25) is 0 Å². The zero-order chi connectivity index (χ0) is 30.2. The van der Waals surface area contributed by atoms with Crippen LogP contribution in [0.15, 0.2) is 58.5 Å². The number of ether oxygens (including phenoxy) is 2. The summed E-state index contributed by atoms with van der Waals surface area (Å²) in [7, 11) is -1.27. The highest BCUT2D eigenvalue weighted by Crippen LogP contribution is 2.46. The molecule has 0 fully saturated rings. The van der Waals surface area contributed by atoms with Gasteiger partial charge in [0.25, 0.3) is 5.91 Å². The van der Waals surface area contributed by atoms with Crippen LogP contribution in [0, 0.1) is 5.41 Å². The maximum atomic E-state index is 14.0. The Morgan fingerprint density at radius 1 is 1.15 bits per heavy atom. The van der Waals surface area contributed by atoms with Gasteiger partial charge in [0, 0.05) is 35.2 Å². The van der Waals surface area contributed by atoms with E-state index in [1.54, 1.807) is 6.92 Å². The Labute approximate surface area is 251 Å². The molecule has 0 radical (unpaired) electrons. The lowest BCUT2D eigenvalue weighted by atomic mass is 9.81. The maximum absolute atomic E-state index is 14.0. The summed E-state index contributed by atoms with van der Waals surface area (Å²) in [4.78, 5) is 28.4. The van der Waals surface area contributed by atoms with Gasteiger partial charge in [-0.3, -0.25) is 9.00 Å². The Morgan fingerprint density at radius 2 is 1.85 bits per heavy atom. The van der Waals surface area contributed by atoms with E-state index in [2.05, 4.69) is 24.1 Å². The van der Waals surface area contributed by atoms with Crippen LogP contribution in [0.4, 0.5) is 11.4 Å². The SMILES string of the molecule is CCCCC1(CC)CN(c2ccc(C(=O)NC(C)(C)C)cc2)c2cc(SC)c(O/C=C/C(=O)OCC)cc2S(=O)C1. The smallest absolute Gasteiger partial charge is 0.333 e. The normalized spacial score (nSPS) is 19.0. The zero-order valence-electron chi connectivity index (χ0n) is 25.4. The molecule has 1 aliphatic rings. The van der Waals surface area contributed by atoms with Crippen LogP contribution in [0.25, 0.3) is 0 Å². The summed E-state index contributed by atoms with van der Waals surface area (Å²) in [6, 6.07) is 11.5. The molecule has 2 aromatic carbocycles. The van der Waals surface area contributed by atoms with Crippen LogP contribution in [0.2, 0.25) is 0 Å². The van der Waals surface area contributed by atoms with E-state index in [1.165, 1.54) is 24.1 Å². The number of amides is 1. The summed E-state index contributed by atoms with van der Waals surface area (Å²) in [6.45, 7) is 13.0. The first-order valence-electron chi connectivity index (χ1n) is 14.3. The number of esters is 1. The molecule has 41 heavy (non-hydrogen) atoms. The third kappa shape index (κ3) is 8.61. The van der Waals surface area contributed by atoms with Crippen molar-refractivity contribution in [2.45, 2.75) is 82.6 Å². The molecule has 2 unspecified atom stereocenters. The fourth-order valence-corrected chi connectivity index (χ4v) is 7.21. The van der Waals surface area contributed by atoms with Gasteiger partial charge >= 0.3 is 5.97 Å². The average molecular weight is 601 g/mol. The number of carbonyl (C=O) groups is 2. The zero-order valence-corrected chi connectivity index (χ0v) is 27.0. The molecule has 3 rings (SSSR count). The van der Waals surface area contributed by atoms with Crippen LogP contribution in [0.5, 0.6) is 5.75 Å². The van der Waals surface area contributed by atoms with Crippen LogP contribution in [0.1, 0.15) is 77.6 Å². The van der Waals surface area contributed by atoms with E-state index in [4.69, 9.17) is 9.47 Å². The first-order chi connectivity index (χ1) is 19.5. The van der Waals surface area contributed by atoms with Gasteiger partial charge in [-0.25, -0.2) is 4.79 Å². The molecule has 2 aromatic rings. The monoisotopic (exact) mass is 600 g/mol. The number of unbranched alkanes of at least 4 members (excludes halogenated alkanes) is 1. The Balaban J connectivity index is 2.09. The van der Waals surface area contributed by atoms with Crippen molar-refractivity contribution in [2.75, 3.05) is 30.1 Å². The van der Waals surface area contributed by atoms with Gasteiger partial charge in [0.1, 0.15) is 5.75 Å². The van der Waals surface area contributed by atoms with E-state index in [0.29, 0.717) is 28.5 Å². The van der Waals surface area contributed by atoms with E-state index >= 15 is 0 Å². The molecule has 0 saturated carbocycles. The van der Waals surface area contributed by atoms with Crippen molar-refractivity contribution in [3.05, 3.63) is 54.3 Å². The first kappa shape index (κ1) is 32.7. The summed E-state index contributed by atoms with van der Waals surface area (Å²) >= 11 is 1.52. The molecule has 1 amide bonds. The van der Waals surface area contributed by atoms with Crippen molar-refractivity contribution in [2.24, 2.45) is 5.41 Å². The third-order valence-electron chi connectivity index (χ3n) is 7.14. The van der Waals surface area contributed by atoms with Crippen molar-refractivity contribution in [3.63, 3.8) is 0 Å². The van der Waals surface area contributed by atoms with Crippen LogP contribution in [0.3, 0.4) is 0 Å². The minimum atomic E-state index is -1.27. The lowest BCUT2D eigenvalue weighted by molar-refractivity contribution is -0.137. The van der Waals surface area contributed by atoms with Gasteiger partial charge in [-0.15, -0.1) is 11.8 Å².